The lowest BCUT2D eigenvalue weighted by atomic mass is 10.4. The van der Waals surface area contributed by atoms with Crippen LogP contribution >= 0.6 is 0 Å². The van der Waals surface area contributed by atoms with E-state index >= 15 is 0 Å². The number of aromatic nitrogens is 3. The van der Waals surface area contributed by atoms with Gasteiger partial charge >= 0.3 is 0 Å². The van der Waals surface area contributed by atoms with Gasteiger partial charge in [-0.2, -0.15) is 0 Å². The number of nitrogens with zero attached hydrogens (tertiary/aromatic N) is 3. The van der Waals surface area contributed by atoms with Crippen LogP contribution in [-0.4, -0.2) is 9.78 Å². The fourth-order valence-corrected chi connectivity index (χ4v) is 0.762. The van der Waals surface area contributed by atoms with Crippen molar-refractivity contribution in [3.05, 3.63) is 22.4 Å². The SMILES string of the molecule is Cc1cc(C)n(C)[n+](=O)n1. The standard InChI is InChI=1S/C6H10N3O/c1-5-4-6(2)8(3)9(10)7-5/h4H,1-3H3/q+1. The van der Waals surface area contributed by atoms with E-state index in [9.17, 15) is 4.91 Å². The van der Waals surface area contributed by atoms with Crippen LogP contribution in [0.5, 0.6) is 0 Å². The third-order valence-electron chi connectivity index (χ3n) is 1.43. The van der Waals surface area contributed by atoms with Crippen LogP contribution in [0.4, 0.5) is 0 Å². The minimum Gasteiger partial charge on any atom is -0.0837 e. The van der Waals surface area contributed by atoms with Crippen LogP contribution < -0.4 is 4.66 Å². The van der Waals surface area contributed by atoms with Crippen molar-refractivity contribution >= 4 is 0 Å². The predicted molar refractivity (Wildman–Crippen MR) is 36.0 cm³/mol. The van der Waals surface area contributed by atoms with Crippen molar-refractivity contribution in [2.45, 2.75) is 13.8 Å². The van der Waals surface area contributed by atoms with E-state index in [1.807, 2.05) is 13.0 Å². The summed E-state index contributed by atoms with van der Waals surface area (Å²) >= 11 is 0. The van der Waals surface area contributed by atoms with Gasteiger partial charge in [0.1, 0.15) is 5.69 Å². The van der Waals surface area contributed by atoms with Crippen molar-refractivity contribution in [1.82, 2.24) is 9.78 Å². The lowest BCUT2D eigenvalue weighted by Gasteiger charge is -1.90. The molecule has 4 heteroatoms. The van der Waals surface area contributed by atoms with E-state index in [1.165, 1.54) is 4.68 Å². The minimum atomic E-state index is 0.574. The second-order valence-electron chi connectivity index (χ2n) is 2.30. The predicted octanol–water partition coefficient (Wildman–Crippen LogP) is -0.0486. The normalized spacial score (nSPS) is 9.90. The van der Waals surface area contributed by atoms with Crippen molar-refractivity contribution < 1.29 is 4.66 Å². The van der Waals surface area contributed by atoms with Gasteiger partial charge < -0.3 is 0 Å². The van der Waals surface area contributed by atoms with E-state index in [-0.39, 0.29) is 0 Å². The van der Waals surface area contributed by atoms with Crippen LogP contribution in [0.1, 0.15) is 11.4 Å². The topological polar surface area (TPSA) is 40.8 Å². The maximum Gasteiger partial charge on any atom is 0.285 e. The molecule has 0 aliphatic heterocycles. The molecule has 1 aromatic heterocycles. The average Bonchev–Trinajstić information content (AvgIpc) is 1.82. The Morgan fingerprint density at radius 2 is 2.20 bits per heavy atom. The highest BCUT2D eigenvalue weighted by Crippen LogP contribution is 1.91. The summed E-state index contributed by atoms with van der Waals surface area (Å²) in [6.45, 7) is 3.66. The molecular weight excluding hydrogens is 130 g/mol. The summed E-state index contributed by atoms with van der Waals surface area (Å²) in [7, 11) is 1.68. The number of hydrogen-bond acceptors (Lipinski definition) is 2. The highest BCUT2D eigenvalue weighted by molar-refractivity contribution is 5.00. The Balaban J connectivity index is 3.46. The molecule has 1 aromatic rings. The molecule has 0 aliphatic carbocycles. The van der Waals surface area contributed by atoms with Crippen molar-refractivity contribution in [1.29, 1.82) is 0 Å². The molecule has 0 saturated carbocycles. The van der Waals surface area contributed by atoms with E-state index in [0.29, 0.717) is 4.66 Å². The molecule has 4 nitrogen and oxygen atoms in total. The van der Waals surface area contributed by atoms with Gasteiger partial charge in [-0.05, 0) is 19.9 Å². The molecule has 0 saturated heterocycles. The minimum absolute atomic E-state index is 0.574. The van der Waals surface area contributed by atoms with Gasteiger partial charge in [-0.3, -0.25) is 0 Å². The molecule has 0 N–H and O–H groups in total. The molecule has 54 valence electrons. The molecule has 0 fully saturated rings. The molecule has 0 radical (unpaired) electrons. The lowest BCUT2D eigenvalue weighted by molar-refractivity contribution is -0.658. The summed E-state index contributed by atoms with van der Waals surface area (Å²) in [5.41, 5.74) is 1.65. The first-order valence-electron chi connectivity index (χ1n) is 3.05. The molecule has 0 aromatic carbocycles. The number of rotatable bonds is 0. The molecular formula is C6H10N3O+. The lowest BCUT2D eigenvalue weighted by Crippen LogP contribution is -2.34. The van der Waals surface area contributed by atoms with Gasteiger partial charge in [0.2, 0.25) is 0 Å². The zero-order chi connectivity index (χ0) is 7.72. The Labute approximate surface area is 58.7 Å². The van der Waals surface area contributed by atoms with Crippen LogP contribution in [0.3, 0.4) is 0 Å². The van der Waals surface area contributed by atoms with Gasteiger partial charge in [-0.1, -0.05) is 4.68 Å². The summed E-state index contributed by atoms with van der Waals surface area (Å²) in [5.74, 6) is 0. The van der Waals surface area contributed by atoms with Gasteiger partial charge in [0, 0.05) is 0 Å². The summed E-state index contributed by atoms with van der Waals surface area (Å²) in [5, 5.41) is 3.66. The van der Waals surface area contributed by atoms with Crippen molar-refractivity contribution in [3.8, 4) is 0 Å². The summed E-state index contributed by atoms with van der Waals surface area (Å²) in [6.07, 6.45) is 0. The molecule has 0 atom stereocenters. The second-order valence-corrected chi connectivity index (χ2v) is 2.30. The van der Waals surface area contributed by atoms with Crippen LogP contribution in [0.15, 0.2) is 6.07 Å². The molecule has 1 rings (SSSR count). The Bertz CT molecular complexity index is 302. The summed E-state index contributed by atoms with van der Waals surface area (Å²) < 4.78 is 2.01. The highest BCUT2D eigenvalue weighted by atomic mass is 16.3. The number of aryl methyl sites for hydroxylation is 2. The first kappa shape index (κ1) is 6.92. The van der Waals surface area contributed by atoms with E-state index in [1.54, 1.807) is 14.0 Å². The van der Waals surface area contributed by atoms with E-state index < -0.39 is 0 Å². The Morgan fingerprint density at radius 1 is 1.60 bits per heavy atom. The van der Waals surface area contributed by atoms with Gasteiger partial charge in [-0.25, -0.2) is 0 Å². The fourth-order valence-electron chi connectivity index (χ4n) is 0.762. The molecule has 0 spiro atoms. The molecule has 10 heavy (non-hydrogen) atoms. The summed E-state index contributed by atoms with van der Waals surface area (Å²) in [4.78, 5) is 10.8. The van der Waals surface area contributed by atoms with Crippen molar-refractivity contribution in [3.63, 3.8) is 0 Å². The maximum atomic E-state index is 10.8. The molecule has 0 aliphatic rings. The Hall–Kier alpha value is -1.19. The largest absolute Gasteiger partial charge is 0.285 e. The second kappa shape index (κ2) is 2.21. The molecule has 1 heterocycles. The van der Waals surface area contributed by atoms with Crippen LogP contribution in [0, 0.1) is 18.8 Å². The smallest absolute Gasteiger partial charge is 0.0837 e. The quantitative estimate of drug-likeness (QED) is 0.474. The third kappa shape index (κ3) is 1.05. The van der Waals surface area contributed by atoms with Gasteiger partial charge in [-0.15, -0.1) is 0 Å². The van der Waals surface area contributed by atoms with E-state index in [4.69, 9.17) is 0 Å². The van der Waals surface area contributed by atoms with Crippen LogP contribution in [-0.2, 0) is 7.05 Å². The van der Waals surface area contributed by atoms with Crippen molar-refractivity contribution in [2.24, 2.45) is 7.05 Å². The van der Waals surface area contributed by atoms with Crippen LogP contribution in [0.25, 0.3) is 0 Å². The average molecular weight is 140 g/mol. The zero-order valence-electron chi connectivity index (χ0n) is 6.33. The van der Waals surface area contributed by atoms with Crippen molar-refractivity contribution in [2.75, 3.05) is 0 Å². The highest BCUT2D eigenvalue weighted by Gasteiger charge is 2.03. The monoisotopic (exact) mass is 140 g/mol. The number of hydrogen-bond donors (Lipinski definition) is 0. The maximum absolute atomic E-state index is 10.8. The Kier molecular flexibility index (Phi) is 1.53. The molecule has 0 bridgehead atoms. The van der Waals surface area contributed by atoms with Gasteiger partial charge in [0.15, 0.2) is 0 Å². The zero-order valence-corrected chi connectivity index (χ0v) is 6.33. The first-order valence-corrected chi connectivity index (χ1v) is 3.05. The Morgan fingerprint density at radius 3 is 2.70 bits per heavy atom. The molecule has 0 unspecified atom stereocenters. The third-order valence-corrected chi connectivity index (χ3v) is 1.43. The van der Waals surface area contributed by atoms with E-state index in [2.05, 4.69) is 5.10 Å². The van der Waals surface area contributed by atoms with Crippen LogP contribution in [0.2, 0.25) is 0 Å². The molecule has 0 amide bonds. The first-order chi connectivity index (χ1) is 4.61. The van der Waals surface area contributed by atoms with E-state index in [0.717, 1.165) is 11.4 Å². The summed E-state index contributed by atoms with van der Waals surface area (Å²) in [6, 6.07) is 1.86. The fraction of sp³-hybridized carbons (Fsp3) is 0.500. The van der Waals surface area contributed by atoms with Gasteiger partial charge in [0.05, 0.1) is 22.7 Å². The van der Waals surface area contributed by atoms with Gasteiger partial charge in [0.25, 0.3) is 4.66 Å².